The second-order valence-corrected chi connectivity index (χ2v) is 5.93. The predicted molar refractivity (Wildman–Crippen MR) is 94.0 cm³/mol. The molecule has 0 bridgehead atoms. The first-order chi connectivity index (χ1) is 13.3. The highest BCUT2D eigenvalue weighted by atomic mass is 19.1. The molecule has 6 nitrogen and oxygen atoms in total. The summed E-state index contributed by atoms with van der Waals surface area (Å²) in [5.74, 6) is -3.69. The van der Waals surface area contributed by atoms with Crippen LogP contribution in [0.5, 0.6) is 5.75 Å². The van der Waals surface area contributed by atoms with Gasteiger partial charge in [-0.05, 0) is 18.6 Å². The van der Waals surface area contributed by atoms with Crippen molar-refractivity contribution in [2.24, 2.45) is 4.99 Å². The number of aromatic hydroxyl groups is 1. The number of carbonyl (C=O) groups is 1. The highest BCUT2D eigenvalue weighted by Gasteiger charge is 2.33. The lowest BCUT2D eigenvalue weighted by Crippen LogP contribution is -2.34. The van der Waals surface area contributed by atoms with Gasteiger partial charge in [-0.25, -0.2) is 22.9 Å². The van der Waals surface area contributed by atoms with Crippen LogP contribution in [0.25, 0.3) is 0 Å². The summed E-state index contributed by atoms with van der Waals surface area (Å²) < 4.78 is 45.6. The van der Waals surface area contributed by atoms with Crippen LogP contribution in [0.1, 0.15) is 30.6 Å². The SMILES string of the molecule is CCC1=C(C(=O)OC)[C@H](c2ccc(F)cc2O)N=C(c2ncc(F)cc2F)N1. The number of aliphatic imine (C=N–C) groups is 1. The number of methoxy groups -OCH3 is 1. The predicted octanol–water partition coefficient (Wildman–Crippen LogP) is 3.13. The number of pyridine rings is 1. The molecule has 1 aromatic carbocycles. The fourth-order valence-corrected chi connectivity index (χ4v) is 2.91. The number of aromatic nitrogens is 1. The maximum atomic E-state index is 14.2. The number of hydrogen-bond donors (Lipinski definition) is 2. The zero-order valence-corrected chi connectivity index (χ0v) is 15.0. The Morgan fingerprint density at radius 2 is 2.00 bits per heavy atom. The van der Waals surface area contributed by atoms with Gasteiger partial charge in [0, 0.05) is 23.4 Å². The minimum absolute atomic E-state index is 0.0595. The zero-order chi connectivity index (χ0) is 20.4. The number of allylic oxidation sites excluding steroid dienone is 1. The van der Waals surface area contributed by atoms with E-state index in [4.69, 9.17) is 4.74 Å². The minimum Gasteiger partial charge on any atom is -0.507 e. The first-order valence-electron chi connectivity index (χ1n) is 8.31. The van der Waals surface area contributed by atoms with Crippen molar-refractivity contribution in [1.82, 2.24) is 10.3 Å². The van der Waals surface area contributed by atoms with Gasteiger partial charge in [-0.2, -0.15) is 0 Å². The molecule has 0 radical (unpaired) electrons. The number of halogens is 3. The Balaban J connectivity index is 2.20. The van der Waals surface area contributed by atoms with Gasteiger partial charge in [0.05, 0.1) is 18.9 Å². The molecule has 0 amide bonds. The summed E-state index contributed by atoms with van der Waals surface area (Å²) in [4.78, 5) is 20.4. The highest BCUT2D eigenvalue weighted by Crippen LogP contribution is 2.37. The number of phenolic OH excluding ortho intramolecular Hbond substituents is 1. The van der Waals surface area contributed by atoms with E-state index in [2.05, 4.69) is 15.3 Å². The lowest BCUT2D eigenvalue weighted by molar-refractivity contribution is -0.136. The molecule has 0 aliphatic carbocycles. The van der Waals surface area contributed by atoms with Crippen molar-refractivity contribution in [3.63, 3.8) is 0 Å². The summed E-state index contributed by atoms with van der Waals surface area (Å²) in [5.41, 5.74) is 0.298. The molecule has 1 aromatic heterocycles. The molecule has 28 heavy (non-hydrogen) atoms. The van der Waals surface area contributed by atoms with E-state index >= 15 is 0 Å². The van der Waals surface area contributed by atoms with Gasteiger partial charge in [-0.3, -0.25) is 4.99 Å². The van der Waals surface area contributed by atoms with Gasteiger partial charge in [0.2, 0.25) is 0 Å². The van der Waals surface area contributed by atoms with Crippen molar-refractivity contribution in [2.45, 2.75) is 19.4 Å². The van der Waals surface area contributed by atoms with Crippen molar-refractivity contribution in [1.29, 1.82) is 0 Å². The highest BCUT2D eigenvalue weighted by molar-refractivity contribution is 6.02. The van der Waals surface area contributed by atoms with Gasteiger partial charge >= 0.3 is 5.97 Å². The summed E-state index contributed by atoms with van der Waals surface area (Å²) in [7, 11) is 1.19. The molecule has 9 heteroatoms. The van der Waals surface area contributed by atoms with Crippen molar-refractivity contribution in [3.05, 3.63) is 70.4 Å². The van der Waals surface area contributed by atoms with Gasteiger partial charge in [0.1, 0.15) is 29.1 Å². The molecular weight excluding hydrogens is 375 g/mol. The molecule has 1 aliphatic rings. The lowest BCUT2D eigenvalue weighted by atomic mass is 9.94. The quantitative estimate of drug-likeness (QED) is 0.783. The van der Waals surface area contributed by atoms with E-state index in [0.29, 0.717) is 18.2 Å². The van der Waals surface area contributed by atoms with Crippen LogP contribution in [-0.4, -0.2) is 29.0 Å². The fourth-order valence-electron chi connectivity index (χ4n) is 2.91. The number of nitrogens with zero attached hydrogens (tertiary/aromatic N) is 2. The van der Waals surface area contributed by atoms with Crippen molar-refractivity contribution < 1.29 is 27.8 Å². The van der Waals surface area contributed by atoms with E-state index in [1.54, 1.807) is 6.92 Å². The number of nitrogens with one attached hydrogen (secondary N) is 1. The average molecular weight is 391 g/mol. The largest absolute Gasteiger partial charge is 0.507 e. The number of carbonyl (C=O) groups excluding carboxylic acids is 1. The van der Waals surface area contributed by atoms with Crippen molar-refractivity contribution >= 4 is 11.8 Å². The molecule has 3 rings (SSSR count). The van der Waals surface area contributed by atoms with Crippen LogP contribution in [0.4, 0.5) is 13.2 Å². The molecule has 146 valence electrons. The molecule has 1 atom stereocenters. The van der Waals surface area contributed by atoms with Crippen LogP contribution in [0.2, 0.25) is 0 Å². The third-order valence-corrected chi connectivity index (χ3v) is 4.20. The second-order valence-electron chi connectivity index (χ2n) is 5.93. The third-order valence-electron chi connectivity index (χ3n) is 4.20. The summed E-state index contributed by atoms with van der Waals surface area (Å²) in [6.45, 7) is 1.74. The van der Waals surface area contributed by atoms with Gasteiger partial charge in [-0.1, -0.05) is 6.92 Å². The van der Waals surface area contributed by atoms with E-state index in [-0.39, 0.29) is 22.7 Å². The van der Waals surface area contributed by atoms with Crippen LogP contribution in [0.3, 0.4) is 0 Å². The topological polar surface area (TPSA) is 83.8 Å². The fraction of sp³-hybridized carbons (Fsp3) is 0.211. The van der Waals surface area contributed by atoms with E-state index in [1.807, 2.05) is 0 Å². The number of rotatable bonds is 4. The Labute approximate surface area is 158 Å². The Kier molecular flexibility index (Phi) is 5.34. The first kappa shape index (κ1) is 19.4. The molecule has 2 heterocycles. The van der Waals surface area contributed by atoms with Crippen LogP contribution >= 0.6 is 0 Å². The van der Waals surface area contributed by atoms with Crippen LogP contribution < -0.4 is 5.32 Å². The van der Waals surface area contributed by atoms with Gasteiger partial charge in [0.25, 0.3) is 0 Å². The molecule has 0 saturated heterocycles. The van der Waals surface area contributed by atoms with Gasteiger partial charge in [0.15, 0.2) is 11.7 Å². The zero-order valence-electron chi connectivity index (χ0n) is 15.0. The van der Waals surface area contributed by atoms with Crippen LogP contribution in [0.15, 0.2) is 46.7 Å². The maximum Gasteiger partial charge on any atom is 0.338 e. The van der Waals surface area contributed by atoms with E-state index < -0.39 is 35.2 Å². The molecule has 0 saturated carbocycles. The van der Waals surface area contributed by atoms with Crippen LogP contribution in [-0.2, 0) is 9.53 Å². The number of benzene rings is 1. The van der Waals surface area contributed by atoms with E-state index in [9.17, 15) is 23.1 Å². The standard InChI is InChI=1S/C19H16F3N3O3/c1-3-13-15(19(27)28-2)16(11-5-4-9(20)7-14(11)26)25-18(24-13)17-12(22)6-10(21)8-23-17/h4-8,16,26H,3H2,1-2H3,(H,24,25)/t16-/m0/s1. The maximum absolute atomic E-state index is 14.2. The van der Waals surface area contributed by atoms with E-state index in [0.717, 1.165) is 18.3 Å². The lowest BCUT2D eigenvalue weighted by Gasteiger charge is -2.27. The third kappa shape index (κ3) is 3.55. The minimum atomic E-state index is -1.11. The molecule has 0 unspecified atom stereocenters. The summed E-state index contributed by atoms with van der Waals surface area (Å²) in [5, 5.41) is 13.0. The Morgan fingerprint density at radius 3 is 2.61 bits per heavy atom. The normalized spacial score (nSPS) is 16.5. The number of hydrogen-bond acceptors (Lipinski definition) is 6. The Hall–Kier alpha value is -3.36. The summed E-state index contributed by atoms with van der Waals surface area (Å²) in [6, 6.07) is 2.80. The molecule has 0 spiro atoms. The van der Waals surface area contributed by atoms with Crippen molar-refractivity contribution in [3.8, 4) is 5.75 Å². The second kappa shape index (κ2) is 7.71. The average Bonchev–Trinajstić information content (AvgIpc) is 2.66. The van der Waals surface area contributed by atoms with Crippen molar-refractivity contribution in [2.75, 3.05) is 7.11 Å². The van der Waals surface area contributed by atoms with Crippen LogP contribution in [0, 0.1) is 17.5 Å². The number of phenols is 1. The summed E-state index contributed by atoms with van der Waals surface area (Å²) in [6.07, 6.45) is 1.14. The molecular formula is C19H16F3N3O3. The van der Waals surface area contributed by atoms with Gasteiger partial charge < -0.3 is 15.2 Å². The first-order valence-corrected chi connectivity index (χ1v) is 8.31. The van der Waals surface area contributed by atoms with Gasteiger partial charge in [-0.15, -0.1) is 0 Å². The number of amidine groups is 1. The smallest absolute Gasteiger partial charge is 0.338 e. The monoisotopic (exact) mass is 391 g/mol. The molecule has 2 N–H and O–H groups in total. The molecule has 2 aromatic rings. The van der Waals surface area contributed by atoms with E-state index in [1.165, 1.54) is 13.2 Å². The summed E-state index contributed by atoms with van der Waals surface area (Å²) >= 11 is 0. The number of esters is 1. The Bertz CT molecular complexity index is 1010. The molecule has 1 aliphatic heterocycles. The Morgan fingerprint density at radius 1 is 1.25 bits per heavy atom. The molecule has 0 fully saturated rings. The number of ether oxygens (including phenoxy) is 1.